The summed E-state index contributed by atoms with van der Waals surface area (Å²) in [4.78, 5) is 15.1. The van der Waals surface area contributed by atoms with Crippen LogP contribution in [-0.2, 0) is 0 Å². The van der Waals surface area contributed by atoms with Crippen LogP contribution in [0.4, 0.5) is 10.5 Å². The zero-order valence-corrected chi connectivity index (χ0v) is 16.2. The van der Waals surface area contributed by atoms with Crippen molar-refractivity contribution in [2.75, 3.05) is 11.9 Å². The number of rotatable bonds is 3. The first-order chi connectivity index (χ1) is 13.6. The Morgan fingerprint density at radius 2 is 2.00 bits per heavy atom. The molecule has 146 valence electrons. The quantitative estimate of drug-likeness (QED) is 0.725. The minimum Gasteiger partial charge on any atom is -0.317 e. The Morgan fingerprint density at radius 1 is 1.18 bits per heavy atom. The monoisotopic (exact) mass is 379 g/mol. The molecule has 1 aromatic carbocycles. The summed E-state index contributed by atoms with van der Waals surface area (Å²) < 4.78 is 1.68. The maximum Gasteiger partial charge on any atom is 0.322 e. The molecule has 8 heteroatoms. The summed E-state index contributed by atoms with van der Waals surface area (Å²) in [6.07, 6.45) is 7.65. The van der Waals surface area contributed by atoms with E-state index in [0.29, 0.717) is 0 Å². The number of aromatic amines is 1. The molecule has 1 atom stereocenters. The molecule has 1 aliphatic heterocycles. The molecule has 0 aliphatic carbocycles. The number of likely N-dealkylation sites (tertiary alicyclic amines) is 1. The summed E-state index contributed by atoms with van der Waals surface area (Å²) in [6.45, 7) is 4.78. The molecule has 1 unspecified atom stereocenters. The number of nitrogens with zero attached hydrogens (tertiary/aromatic N) is 5. The Labute approximate surface area is 163 Å². The third-order valence-electron chi connectivity index (χ3n) is 5.34. The largest absolute Gasteiger partial charge is 0.322 e. The van der Waals surface area contributed by atoms with Gasteiger partial charge in [0.15, 0.2) is 0 Å². The SMILES string of the molecule is Cc1n[nH]c(C)c1C1CCCCCN1C(=O)Nc1ccc(-n2ccnn2)cc1. The average molecular weight is 379 g/mol. The van der Waals surface area contributed by atoms with Crippen LogP contribution in [0, 0.1) is 13.8 Å². The summed E-state index contributed by atoms with van der Waals surface area (Å²) in [5, 5.41) is 18.2. The average Bonchev–Trinajstić information content (AvgIpc) is 3.27. The van der Waals surface area contributed by atoms with Gasteiger partial charge in [-0.05, 0) is 51.0 Å². The second-order valence-corrected chi connectivity index (χ2v) is 7.23. The molecule has 1 fully saturated rings. The molecule has 28 heavy (non-hydrogen) atoms. The van der Waals surface area contributed by atoms with E-state index in [9.17, 15) is 4.79 Å². The number of H-pyrrole nitrogens is 1. The fourth-order valence-corrected chi connectivity index (χ4v) is 3.94. The first kappa shape index (κ1) is 18.2. The first-order valence-electron chi connectivity index (χ1n) is 9.69. The van der Waals surface area contributed by atoms with Gasteiger partial charge in [-0.1, -0.05) is 18.1 Å². The molecule has 2 aromatic heterocycles. The van der Waals surface area contributed by atoms with Crippen LogP contribution in [-0.4, -0.2) is 42.7 Å². The van der Waals surface area contributed by atoms with Gasteiger partial charge in [-0.3, -0.25) is 5.10 Å². The van der Waals surface area contributed by atoms with Crippen molar-refractivity contribution in [2.24, 2.45) is 0 Å². The minimum atomic E-state index is -0.0691. The molecule has 3 aromatic rings. The molecule has 0 bridgehead atoms. The lowest BCUT2D eigenvalue weighted by Gasteiger charge is -2.30. The van der Waals surface area contributed by atoms with Crippen molar-refractivity contribution in [3.63, 3.8) is 0 Å². The van der Waals surface area contributed by atoms with Gasteiger partial charge in [0, 0.05) is 23.5 Å². The summed E-state index contributed by atoms with van der Waals surface area (Å²) in [7, 11) is 0. The lowest BCUT2D eigenvalue weighted by atomic mass is 9.99. The first-order valence-corrected chi connectivity index (χ1v) is 9.69. The number of urea groups is 1. The number of carbonyl (C=O) groups excluding carboxylic acids is 1. The highest BCUT2D eigenvalue weighted by atomic mass is 16.2. The highest BCUT2D eigenvalue weighted by Gasteiger charge is 2.30. The van der Waals surface area contributed by atoms with Crippen molar-refractivity contribution in [3.05, 3.63) is 53.6 Å². The molecule has 4 rings (SSSR count). The van der Waals surface area contributed by atoms with Crippen LogP contribution in [0.1, 0.15) is 48.7 Å². The molecule has 0 saturated carbocycles. The van der Waals surface area contributed by atoms with Crippen LogP contribution >= 0.6 is 0 Å². The number of aryl methyl sites for hydroxylation is 2. The number of nitrogens with one attached hydrogen (secondary N) is 2. The van der Waals surface area contributed by atoms with Gasteiger partial charge < -0.3 is 10.2 Å². The Balaban J connectivity index is 1.53. The molecular formula is C20H25N7O. The second-order valence-electron chi connectivity index (χ2n) is 7.23. The van der Waals surface area contributed by atoms with Crippen molar-refractivity contribution in [2.45, 2.75) is 45.6 Å². The van der Waals surface area contributed by atoms with E-state index in [2.05, 4.69) is 25.8 Å². The number of amides is 2. The fraction of sp³-hybridized carbons (Fsp3) is 0.400. The number of anilines is 1. The number of benzene rings is 1. The highest BCUT2D eigenvalue weighted by molar-refractivity contribution is 5.89. The lowest BCUT2D eigenvalue weighted by molar-refractivity contribution is 0.189. The van der Waals surface area contributed by atoms with E-state index in [1.54, 1.807) is 17.1 Å². The van der Waals surface area contributed by atoms with Crippen molar-refractivity contribution in [1.82, 2.24) is 30.1 Å². The third-order valence-corrected chi connectivity index (χ3v) is 5.34. The minimum absolute atomic E-state index is 0.0515. The fourth-order valence-electron chi connectivity index (χ4n) is 3.94. The van der Waals surface area contributed by atoms with Crippen LogP contribution in [0.15, 0.2) is 36.7 Å². The normalized spacial score (nSPS) is 17.4. The second kappa shape index (κ2) is 7.84. The van der Waals surface area contributed by atoms with Crippen molar-refractivity contribution in [1.29, 1.82) is 0 Å². The Hall–Kier alpha value is -3.16. The van der Waals surface area contributed by atoms with Gasteiger partial charge in [-0.15, -0.1) is 5.10 Å². The number of hydrogen-bond acceptors (Lipinski definition) is 4. The van der Waals surface area contributed by atoms with Crippen LogP contribution in [0.25, 0.3) is 5.69 Å². The van der Waals surface area contributed by atoms with Crippen LogP contribution in [0.2, 0.25) is 0 Å². The molecule has 8 nitrogen and oxygen atoms in total. The van der Waals surface area contributed by atoms with Gasteiger partial charge in [0.2, 0.25) is 0 Å². The van der Waals surface area contributed by atoms with Crippen LogP contribution in [0.5, 0.6) is 0 Å². The Morgan fingerprint density at radius 3 is 2.68 bits per heavy atom. The van der Waals surface area contributed by atoms with Crippen molar-refractivity contribution < 1.29 is 4.79 Å². The predicted octanol–water partition coefficient (Wildman–Crippen LogP) is 3.76. The molecule has 0 radical (unpaired) electrons. The maximum atomic E-state index is 13.1. The third kappa shape index (κ3) is 3.62. The number of carbonyl (C=O) groups is 1. The number of aromatic nitrogens is 5. The number of hydrogen-bond donors (Lipinski definition) is 2. The predicted molar refractivity (Wildman–Crippen MR) is 106 cm³/mol. The van der Waals surface area contributed by atoms with Gasteiger partial charge in [0.05, 0.1) is 29.8 Å². The van der Waals surface area contributed by atoms with Crippen molar-refractivity contribution >= 4 is 11.7 Å². The molecule has 1 aliphatic rings. The zero-order valence-electron chi connectivity index (χ0n) is 16.2. The Bertz CT molecular complexity index is 911. The van der Waals surface area contributed by atoms with E-state index < -0.39 is 0 Å². The van der Waals surface area contributed by atoms with E-state index >= 15 is 0 Å². The van der Waals surface area contributed by atoms with E-state index in [1.807, 2.05) is 43.0 Å². The molecule has 2 amide bonds. The van der Waals surface area contributed by atoms with Gasteiger partial charge in [0.25, 0.3) is 0 Å². The standard InChI is InChI=1S/C20H25N7O/c1-14-19(15(2)24-23-14)18-6-4-3-5-12-26(18)20(28)22-16-7-9-17(10-8-16)27-13-11-21-25-27/h7-11,13,18H,3-6,12H2,1-2H3,(H,22,28)(H,23,24). The summed E-state index contributed by atoms with van der Waals surface area (Å²) in [6, 6.07) is 7.58. The molecule has 1 saturated heterocycles. The van der Waals surface area contributed by atoms with Gasteiger partial charge in [-0.25, -0.2) is 9.48 Å². The lowest BCUT2D eigenvalue weighted by Crippen LogP contribution is -2.38. The van der Waals surface area contributed by atoms with E-state index in [4.69, 9.17) is 0 Å². The molecule has 2 N–H and O–H groups in total. The molecule has 0 spiro atoms. The molecule has 3 heterocycles. The summed E-state index contributed by atoms with van der Waals surface area (Å²) >= 11 is 0. The van der Waals surface area contributed by atoms with Crippen LogP contribution < -0.4 is 5.32 Å². The Kier molecular flexibility index (Phi) is 5.10. The summed E-state index contributed by atoms with van der Waals surface area (Å²) in [5.74, 6) is 0. The summed E-state index contributed by atoms with van der Waals surface area (Å²) in [5.41, 5.74) is 4.82. The van der Waals surface area contributed by atoms with Gasteiger partial charge in [-0.2, -0.15) is 5.10 Å². The molecular weight excluding hydrogens is 354 g/mol. The highest BCUT2D eigenvalue weighted by Crippen LogP contribution is 2.33. The van der Waals surface area contributed by atoms with Crippen molar-refractivity contribution in [3.8, 4) is 5.69 Å². The van der Waals surface area contributed by atoms with E-state index in [1.165, 1.54) is 0 Å². The van der Waals surface area contributed by atoms with Gasteiger partial charge in [0.1, 0.15) is 0 Å². The zero-order chi connectivity index (χ0) is 19.5. The topological polar surface area (TPSA) is 91.7 Å². The van der Waals surface area contributed by atoms with Gasteiger partial charge >= 0.3 is 6.03 Å². The van der Waals surface area contributed by atoms with Crippen LogP contribution in [0.3, 0.4) is 0 Å². The van der Waals surface area contributed by atoms with E-state index in [0.717, 1.165) is 60.6 Å². The van der Waals surface area contributed by atoms with E-state index in [-0.39, 0.29) is 12.1 Å². The maximum absolute atomic E-state index is 13.1. The smallest absolute Gasteiger partial charge is 0.317 e.